The van der Waals surface area contributed by atoms with Crippen molar-refractivity contribution >= 4 is 0 Å². The van der Waals surface area contributed by atoms with E-state index in [9.17, 15) is 0 Å². The lowest BCUT2D eigenvalue weighted by atomic mass is 9.99. The van der Waals surface area contributed by atoms with Crippen LogP contribution in [-0.2, 0) is 6.54 Å². The highest BCUT2D eigenvalue weighted by Crippen LogP contribution is 2.32. The number of nitrogens with two attached hydrogens (primary N) is 1. The van der Waals surface area contributed by atoms with Crippen LogP contribution in [0.4, 0.5) is 0 Å². The third-order valence-electron chi connectivity index (χ3n) is 3.99. The van der Waals surface area contributed by atoms with Crippen LogP contribution in [0.5, 0.6) is 5.75 Å². The van der Waals surface area contributed by atoms with Crippen molar-refractivity contribution < 1.29 is 4.74 Å². The Bertz CT molecular complexity index is 450. The molecule has 2 rings (SSSR count). The van der Waals surface area contributed by atoms with Crippen molar-refractivity contribution in [3.8, 4) is 5.75 Å². The lowest BCUT2D eigenvalue weighted by molar-refractivity contribution is 0.403. The Balaban J connectivity index is 2.12. The Hall–Kier alpha value is -1.06. The molecule has 3 nitrogen and oxygen atoms in total. The molecule has 100 valence electrons. The summed E-state index contributed by atoms with van der Waals surface area (Å²) in [5, 5.41) is 3.46. The van der Waals surface area contributed by atoms with E-state index in [1.807, 2.05) is 0 Å². The van der Waals surface area contributed by atoms with E-state index in [-0.39, 0.29) is 5.54 Å². The highest BCUT2D eigenvalue weighted by Gasteiger charge is 2.37. The molecule has 1 aliphatic rings. The maximum absolute atomic E-state index is 6.08. The molecule has 3 N–H and O–H groups in total. The average molecular weight is 248 g/mol. The van der Waals surface area contributed by atoms with Gasteiger partial charge < -0.3 is 15.8 Å². The van der Waals surface area contributed by atoms with Gasteiger partial charge in [-0.3, -0.25) is 0 Å². The van der Waals surface area contributed by atoms with E-state index >= 15 is 0 Å². The summed E-state index contributed by atoms with van der Waals surface area (Å²) in [6, 6.07) is 2.23. The van der Waals surface area contributed by atoms with Gasteiger partial charge in [0, 0.05) is 24.2 Å². The zero-order chi connectivity index (χ0) is 13.3. The van der Waals surface area contributed by atoms with E-state index in [1.165, 1.54) is 22.3 Å². The predicted molar refractivity (Wildman–Crippen MR) is 75.1 cm³/mol. The number of methoxy groups -OCH3 is 1. The predicted octanol–water partition coefficient (Wildman–Crippen LogP) is 2.20. The molecule has 1 saturated carbocycles. The van der Waals surface area contributed by atoms with E-state index in [2.05, 4.69) is 32.2 Å². The Labute approximate surface area is 110 Å². The summed E-state index contributed by atoms with van der Waals surface area (Å²) in [5.74, 6) is 1.02. The standard InChI is InChI=1S/C15H24N2O/c1-10-7-11(2)13(14(18-4)12(10)3)8-17-9-15(16)5-6-15/h7,17H,5-6,8-9,16H2,1-4H3. The zero-order valence-electron chi connectivity index (χ0n) is 11.9. The number of hydrogen-bond acceptors (Lipinski definition) is 3. The molecule has 0 amide bonds. The topological polar surface area (TPSA) is 47.3 Å². The second-order valence-corrected chi connectivity index (χ2v) is 5.61. The van der Waals surface area contributed by atoms with E-state index in [0.29, 0.717) is 0 Å². The van der Waals surface area contributed by atoms with Gasteiger partial charge in [-0.25, -0.2) is 0 Å². The van der Waals surface area contributed by atoms with Crippen LogP contribution < -0.4 is 15.8 Å². The summed E-state index contributed by atoms with van der Waals surface area (Å²) < 4.78 is 5.56. The minimum atomic E-state index is 0.0564. The van der Waals surface area contributed by atoms with Crippen molar-refractivity contribution in [3.63, 3.8) is 0 Å². The molecule has 0 saturated heterocycles. The molecule has 0 aliphatic heterocycles. The zero-order valence-corrected chi connectivity index (χ0v) is 11.9. The van der Waals surface area contributed by atoms with Crippen LogP contribution >= 0.6 is 0 Å². The van der Waals surface area contributed by atoms with Crippen molar-refractivity contribution in [1.82, 2.24) is 5.32 Å². The molecule has 0 unspecified atom stereocenters. The summed E-state index contributed by atoms with van der Waals surface area (Å²) in [6.45, 7) is 8.10. The Kier molecular flexibility index (Phi) is 3.64. The van der Waals surface area contributed by atoms with Crippen molar-refractivity contribution in [2.45, 2.75) is 45.7 Å². The molecule has 0 heterocycles. The number of ether oxygens (including phenoxy) is 1. The quantitative estimate of drug-likeness (QED) is 0.840. The maximum Gasteiger partial charge on any atom is 0.126 e. The number of rotatable bonds is 5. The van der Waals surface area contributed by atoms with Gasteiger partial charge in [0.1, 0.15) is 5.75 Å². The van der Waals surface area contributed by atoms with Crippen LogP contribution in [0.2, 0.25) is 0 Å². The first-order chi connectivity index (χ1) is 8.47. The molecule has 0 spiro atoms. The van der Waals surface area contributed by atoms with Crippen molar-refractivity contribution in [3.05, 3.63) is 28.3 Å². The molecule has 18 heavy (non-hydrogen) atoms. The van der Waals surface area contributed by atoms with E-state index < -0.39 is 0 Å². The lowest BCUT2D eigenvalue weighted by Gasteiger charge is -2.18. The van der Waals surface area contributed by atoms with Crippen LogP contribution in [-0.4, -0.2) is 19.2 Å². The summed E-state index contributed by atoms with van der Waals surface area (Å²) in [7, 11) is 1.75. The molecule has 0 aromatic heterocycles. The summed E-state index contributed by atoms with van der Waals surface area (Å²) in [6.07, 6.45) is 2.28. The second kappa shape index (κ2) is 4.90. The van der Waals surface area contributed by atoms with Gasteiger partial charge in [-0.1, -0.05) is 6.07 Å². The molecular weight excluding hydrogens is 224 g/mol. The maximum atomic E-state index is 6.08. The van der Waals surface area contributed by atoms with Crippen LogP contribution in [0, 0.1) is 20.8 Å². The third kappa shape index (κ3) is 2.68. The van der Waals surface area contributed by atoms with Gasteiger partial charge in [0.15, 0.2) is 0 Å². The van der Waals surface area contributed by atoms with Gasteiger partial charge >= 0.3 is 0 Å². The molecule has 3 heteroatoms. The van der Waals surface area contributed by atoms with Gasteiger partial charge in [-0.2, -0.15) is 0 Å². The molecule has 0 radical (unpaired) electrons. The molecular formula is C15H24N2O. The van der Waals surface area contributed by atoms with Crippen LogP contribution in [0.15, 0.2) is 6.07 Å². The Morgan fingerprint density at radius 3 is 2.50 bits per heavy atom. The molecule has 1 aromatic carbocycles. The molecule has 0 bridgehead atoms. The molecule has 1 aromatic rings. The first kappa shape index (κ1) is 13.4. The Morgan fingerprint density at radius 2 is 1.94 bits per heavy atom. The van der Waals surface area contributed by atoms with E-state index in [4.69, 9.17) is 10.5 Å². The van der Waals surface area contributed by atoms with E-state index in [0.717, 1.165) is 31.7 Å². The smallest absolute Gasteiger partial charge is 0.126 e. The number of nitrogens with one attached hydrogen (secondary N) is 1. The monoisotopic (exact) mass is 248 g/mol. The van der Waals surface area contributed by atoms with Crippen LogP contribution in [0.25, 0.3) is 0 Å². The summed E-state index contributed by atoms with van der Waals surface area (Å²) >= 11 is 0. The number of benzene rings is 1. The van der Waals surface area contributed by atoms with Gasteiger partial charge in [0.2, 0.25) is 0 Å². The highest BCUT2D eigenvalue weighted by molar-refractivity contribution is 5.49. The van der Waals surface area contributed by atoms with Crippen molar-refractivity contribution in [2.24, 2.45) is 5.73 Å². The molecule has 0 atom stereocenters. The molecule has 1 fully saturated rings. The van der Waals surface area contributed by atoms with Crippen LogP contribution in [0.3, 0.4) is 0 Å². The minimum absolute atomic E-state index is 0.0564. The van der Waals surface area contributed by atoms with Crippen molar-refractivity contribution in [1.29, 1.82) is 0 Å². The summed E-state index contributed by atoms with van der Waals surface area (Å²) in [4.78, 5) is 0. The fourth-order valence-electron chi connectivity index (χ4n) is 2.37. The second-order valence-electron chi connectivity index (χ2n) is 5.61. The van der Waals surface area contributed by atoms with Gasteiger partial charge in [-0.05, 0) is 50.3 Å². The minimum Gasteiger partial charge on any atom is -0.496 e. The van der Waals surface area contributed by atoms with E-state index in [1.54, 1.807) is 7.11 Å². The first-order valence-corrected chi connectivity index (χ1v) is 6.60. The normalized spacial score (nSPS) is 16.7. The molecule has 1 aliphatic carbocycles. The largest absolute Gasteiger partial charge is 0.496 e. The Morgan fingerprint density at radius 1 is 1.28 bits per heavy atom. The number of hydrogen-bond donors (Lipinski definition) is 2. The fourth-order valence-corrected chi connectivity index (χ4v) is 2.37. The van der Waals surface area contributed by atoms with Gasteiger partial charge in [0.25, 0.3) is 0 Å². The van der Waals surface area contributed by atoms with Crippen LogP contribution in [0.1, 0.15) is 35.1 Å². The van der Waals surface area contributed by atoms with Gasteiger partial charge in [-0.15, -0.1) is 0 Å². The lowest BCUT2D eigenvalue weighted by Crippen LogP contribution is -2.35. The summed E-state index contributed by atoms with van der Waals surface area (Å²) in [5.41, 5.74) is 11.2. The fraction of sp³-hybridized carbons (Fsp3) is 0.600. The van der Waals surface area contributed by atoms with Crippen molar-refractivity contribution in [2.75, 3.05) is 13.7 Å². The average Bonchev–Trinajstić information content (AvgIpc) is 3.04. The third-order valence-corrected chi connectivity index (χ3v) is 3.99. The SMILES string of the molecule is COc1c(C)c(C)cc(C)c1CNCC1(N)CC1. The first-order valence-electron chi connectivity index (χ1n) is 6.60. The highest BCUT2D eigenvalue weighted by atomic mass is 16.5. The number of aryl methyl sites for hydroxylation is 2. The van der Waals surface area contributed by atoms with Gasteiger partial charge in [0.05, 0.1) is 7.11 Å².